The number of carbonyl (C=O) groups is 1. The molecule has 2 rings (SSSR count). The Morgan fingerprint density at radius 3 is 2.65 bits per heavy atom. The normalized spacial score (nSPS) is 16.2. The van der Waals surface area contributed by atoms with E-state index in [1.807, 2.05) is 0 Å². The minimum Gasteiger partial charge on any atom is -0.330 e. The van der Waals surface area contributed by atoms with Gasteiger partial charge in [-0.15, -0.1) is 0 Å². The molecule has 0 radical (unpaired) electrons. The maximum absolute atomic E-state index is 12.2. The molecule has 1 aliphatic rings. The summed E-state index contributed by atoms with van der Waals surface area (Å²) in [5, 5.41) is -0.314. The third-order valence-corrected chi connectivity index (χ3v) is 5.43. The summed E-state index contributed by atoms with van der Waals surface area (Å²) in [6, 6.07) is 6.58. The number of anilines is 1. The molecule has 1 aromatic carbocycles. The summed E-state index contributed by atoms with van der Waals surface area (Å²) < 4.78 is 27.0. The molecule has 0 heterocycles. The van der Waals surface area contributed by atoms with Crippen molar-refractivity contribution in [3.05, 3.63) is 29.8 Å². The van der Waals surface area contributed by atoms with Crippen LogP contribution in [0.2, 0.25) is 0 Å². The van der Waals surface area contributed by atoms with Gasteiger partial charge in [-0.25, -0.2) is 8.42 Å². The highest BCUT2D eigenvalue weighted by Crippen LogP contribution is 2.26. The van der Waals surface area contributed by atoms with Gasteiger partial charge < -0.3 is 5.73 Å². The first-order valence-corrected chi connectivity index (χ1v) is 8.42. The molecule has 3 N–H and O–H groups in total. The van der Waals surface area contributed by atoms with Crippen LogP contribution in [-0.4, -0.2) is 26.0 Å². The Morgan fingerprint density at radius 1 is 1.30 bits per heavy atom. The van der Waals surface area contributed by atoms with Gasteiger partial charge in [0.2, 0.25) is 10.0 Å². The molecular weight excluding hydrogens is 276 g/mol. The first-order chi connectivity index (χ1) is 9.53. The molecule has 0 amide bonds. The van der Waals surface area contributed by atoms with E-state index in [9.17, 15) is 13.2 Å². The Balaban J connectivity index is 2.13. The van der Waals surface area contributed by atoms with Gasteiger partial charge in [0.05, 0.1) is 5.25 Å². The topological polar surface area (TPSA) is 89.3 Å². The van der Waals surface area contributed by atoms with E-state index in [4.69, 9.17) is 5.73 Å². The van der Waals surface area contributed by atoms with Crippen molar-refractivity contribution >= 4 is 21.5 Å². The Bertz CT molecular complexity index is 578. The number of Topliss-reactive ketones (excluding diaryl/α,β-unsaturated/α-hetero) is 1. The average Bonchev–Trinajstić information content (AvgIpc) is 2.93. The molecule has 0 saturated heterocycles. The SMILES string of the molecule is NCCC(=O)c1cccc(NS(=O)(=O)C2CCCC2)c1. The Hall–Kier alpha value is -1.40. The van der Waals surface area contributed by atoms with E-state index in [-0.39, 0.29) is 24.0 Å². The number of hydrogen-bond acceptors (Lipinski definition) is 4. The van der Waals surface area contributed by atoms with Crippen LogP contribution < -0.4 is 10.5 Å². The van der Waals surface area contributed by atoms with E-state index >= 15 is 0 Å². The van der Waals surface area contributed by atoms with Crippen LogP contribution in [0.3, 0.4) is 0 Å². The fourth-order valence-corrected chi connectivity index (χ4v) is 4.05. The molecule has 5 nitrogen and oxygen atoms in total. The molecule has 1 fully saturated rings. The summed E-state index contributed by atoms with van der Waals surface area (Å²) in [5.41, 5.74) is 6.29. The lowest BCUT2D eigenvalue weighted by Gasteiger charge is -2.13. The predicted molar refractivity (Wildman–Crippen MR) is 79.2 cm³/mol. The lowest BCUT2D eigenvalue weighted by molar-refractivity contribution is 0.0985. The molecule has 0 bridgehead atoms. The van der Waals surface area contributed by atoms with Crippen LogP contribution in [0.5, 0.6) is 0 Å². The minimum absolute atomic E-state index is 0.0746. The summed E-state index contributed by atoms with van der Waals surface area (Å²) in [6.45, 7) is 0.289. The summed E-state index contributed by atoms with van der Waals surface area (Å²) in [6.07, 6.45) is 3.60. The minimum atomic E-state index is -3.35. The number of nitrogens with one attached hydrogen (secondary N) is 1. The molecule has 6 heteroatoms. The smallest absolute Gasteiger partial charge is 0.235 e. The van der Waals surface area contributed by atoms with Crippen molar-refractivity contribution in [1.82, 2.24) is 0 Å². The van der Waals surface area contributed by atoms with Crippen LogP contribution in [0.15, 0.2) is 24.3 Å². The van der Waals surface area contributed by atoms with Crippen molar-refractivity contribution in [1.29, 1.82) is 0 Å². The number of carbonyl (C=O) groups excluding carboxylic acids is 1. The van der Waals surface area contributed by atoms with Gasteiger partial charge in [0.25, 0.3) is 0 Å². The van der Waals surface area contributed by atoms with Crippen molar-refractivity contribution in [3.8, 4) is 0 Å². The van der Waals surface area contributed by atoms with Crippen molar-refractivity contribution in [2.24, 2.45) is 5.73 Å². The Labute approximate surface area is 119 Å². The lowest BCUT2D eigenvalue weighted by Crippen LogP contribution is -2.25. The van der Waals surface area contributed by atoms with Crippen molar-refractivity contribution in [3.63, 3.8) is 0 Å². The van der Waals surface area contributed by atoms with Crippen molar-refractivity contribution in [2.75, 3.05) is 11.3 Å². The van der Waals surface area contributed by atoms with Crippen LogP contribution in [-0.2, 0) is 10.0 Å². The molecule has 0 atom stereocenters. The van der Waals surface area contributed by atoms with E-state index in [2.05, 4.69) is 4.72 Å². The van der Waals surface area contributed by atoms with Gasteiger partial charge in [-0.2, -0.15) is 0 Å². The predicted octanol–water partition coefficient (Wildman–Crippen LogP) is 1.90. The van der Waals surface area contributed by atoms with Gasteiger partial charge >= 0.3 is 0 Å². The molecule has 110 valence electrons. The number of rotatable bonds is 6. The summed E-state index contributed by atoms with van der Waals surface area (Å²) >= 11 is 0. The lowest BCUT2D eigenvalue weighted by atomic mass is 10.1. The highest BCUT2D eigenvalue weighted by molar-refractivity contribution is 7.93. The van der Waals surface area contributed by atoms with Gasteiger partial charge in [0.15, 0.2) is 5.78 Å². The first kappa shape index (κ1) is 15.0. The molecule has 0 aromatic heterocycles. The number of hydrogen-bond donors (Lipinski definition) is 2. The van der Waals surface area contributed by atoms with Gasteiger partial charge in [-0.3, -0.25) is 9.52 Å². The zero-order chi connectivity index (χ0) is 14.6. The second-order valence-corrected chi connectivity index (χ2v) is 7.06. The number of sulfonamides is 1. The third kappa shape index (κ3) is 3.58. The van der Waals surface area contributed by atoms with E-state index in [1.54, 1.807) is 24.3 Å². The number of nitrogens with two attached hydrogens (primary N) is 1. The second-order valence-electron chi connectivity index (χ2n) is 5.10. The van der Waals surface area contributed by atoms with Gasteiger partial charge in [0.1, 0.15) is 0 Å². The fraction of sp³-hybridized carbons (Fsp3) is 0.500. The van der Waals surface area contributed by atoms with Crippen molar-refractivity contribution in [2.45, 2.75) is 37.4 Å². The molecular formula is C14H20N2O3S. The summed E-state index contributed by atoms with van der Waals surface area (Å²) in [7, 11) is -3.35. The zero-order valence-corrected chi connectivity index (χ0v) is 12.2. The zero-order valence-electron chi connectivity index (χ0n) is 11.3. The molecule has 1 saturated carbocycles. The summed E-state index contributed by atoms with van der Waals surface area (Å²) in [5.74, 6) is -0.0746. The quantitative estimate of drug-likeness (QED) is 0.785. The first-order valence-electron chi connectivity index (χ1n) is 6.88. The molecule has 1 aromatic rings. The van der Waals surface area contributed by atoms with Gasteiger partial charge in [-0.05, 0) is 31.5 Å². The number of benzene rings is 1. The summed E-state index contributed by atoms with van der Waals surface area (Å²) in [4.78, 5) is 11.8. The number of ketones is 1. The molecule has 0 unspecified atom stereocenters. The van der Waals surface area contributed by atoms with Crippen LogP contribution >= 0.6 is 0 Å². The Kier molecular flexibility index (Phi) is 4.77. The monoisotopic (exact) mass is 296 g/mol. The van der Waals surface area contributed by atoms with Crippen LogP contribution in [0.4, 0.5) is 5.69 Å². The van der Waals surface area contributed by atoms with E-state index in [0.717, 1.165) is 12.8 Å². The van der Waals surface area contributed by atoms with Crippen LogP contribution in [0, 0.1) is 0 Å². The molecule has 1 aliphatic carbocycles. The highest BCUT2D eigenvalue weighted by atomic mass is 32.2. The largest absolute Gasteiger partial charge is 0.330 e. The standard InChI is InChI=1S/C14H20N2O3S/c15-9-8-14(17)11-4-3-5-12(10-11)16-20(18,19)13-6-1-2-7-13/h3-5,10,13,16H,1-2,6-9,15H2. The maximum atomic E-state index is 12.2. The van der Waals surface area contributed by atoms with E-state index < -0.39 is 10.0 Å². The highest BCUT2D eigenvalue weighted by Gasteiger charge is 2.28. The molecule has 0 spiro atoms. The Morgan fingerprint density at radius 2 is 2.00 bits per heavy atom. The van der Waals surface area contributed by atoms with Gasteiger partial charge in [-0.1, -0.05) is 25.0 Å². The molecule has 20 heavy (non-hydrogen) atoms. The van der Waals surface area contributed by atoms with E-state index in [1.165, 1.54) is 0 Å². The van der Waals surface area contributed by atoms with Crippen molar-refractivity contribution < 1.29 is 13.2 Å². The average molecular weight is 296 g/mol. The second kappa shape index (κ2) is 6.37. The fourth-order valence-electron chi connectivity index (χ4n) is 2.48. The third-order valence-electron chi connectivity index (χ3n) is 3.56. The van der Waals surface area contributed by atoms with Gasteiger partial charge in [0, 0.05) is 17.7 Å². The van der Waals surface area contributed by atoms with Crippen LogP contribution in [0.1, 0.15) is 42.5 Å². The van der Waals surface area contributed by atoms with Crippen LogP contribution in [0.25, 0.3) is 0 Å². The molecule has 0 aliphatic heterocycles. The van der Waals surface area contributed by atoms with E-state index in [0.29, 0.717) is 24.1 Å². The maximum Gasteiger partial charge on any atom is 0.235 e.